The molecule has 0 saturated heterocycles. The fraction of sp³-hybridized carbons (Fsp3) is 0.429. The van der Waals surface area contributed by atoms with Gasteiger partial charge in [0.15, 0.2) is 0 Å². The van der Waals surface area contributed by atoms with Crippen LogP contribution in [0.2, 0.25) is 5.02 Å². The number of hydrogen-bond donors (Lipinski definition) is 1. The summed E-state index contributed by atoms with van der Waals surface area (Å²) in [7, 11) is 1.67. The summed E-state index contributed by atoms with van der Waals surface area (Å²) in [4.78, 5) is 0. The van der Waals surface area contributed by atoms with Gasteiger partial charge in [0.05, 0.1) is 13.2 Å². The Bertz CT molecular complexity index is 401. The minimum Gasteiger partial charge on any atom is -0.492 e. The number of terminal acetylenes is 1. The zero-order valence-electron chi connectivity index (χ0n) is 10.5. The minimum absolute atomic E-state index is 0.502. The second-order valence-electron chi connectivity index (χ2n) is 3.69. The molecule has 0 aromatic heterocycles. The highest BCUT2D eigenvalue weighted by atomic mass is 35.5. The van der Waals surface area contributed by atoms with E-state index in [-0.39, 0.29) is 0 Å². The molecule has 18 heavy (non-hydrogen) atoms. The van der Waals surface area contributed by atoms with Gasteiger partial charge in [0.25, 0.3) is 0 Å². The van der Waals surface area contributed by atoms with Gasteiger partial charge in [0, 0.05) is 37.2 Å². The molecule has 0 amide bonds. The lowest BCUT2D eigenvalue weighted by Crippen LogP contribution is -2.19. The summed E-state index contributed by atoms with van der Waals surface area (Å²) in [5.74, 6) is 3.32. The van der Waals surface area contributed by atoms with E-state index in [2.05, 4.69) is 11.2 Å². The quantitative estimate of drug-likeness (QED) is 0.580. The molecule has 1 rings (SSSR count). The first-order valence-electron chi connectivity index (χ1n) is 5.83. The van der Waals surface area contributed by atoms with Crippen LogP contribution in [-0.2, 0) is 11.3 Å². The first-order valence-corrected chi connectivity index (χ1v) is 6.20. The zero-order valence-corrected chi connectivity index (χ0v) is 11.3. The molecular weight excluding hydrogens is 250 g/mol. The summed E-state index contributed by atoms with van der Waals surface area (Å²) < 4.78 is 10.6. The van der Waals surface area contributed by atoms with Gasteiger partial charge in [-0.25, -0.2) is 0 Å². The van der Waals surface area contributed by atoms with Crippen LogP contribution in [0, 0.1) is 12.3 Å². The SMILES string of the molecule is C#CCCOc1cccc(Cl)c1CNCCOC. The van der Waals surface area contributed by atoms with Gasteiger partial charge < -0.3 is 14.8 Å². The Labute approximate surface area is 113 Å². The molecule has 1 aromatic rings. The normalized spacial score (nSPS) is 10.1. The van der Waals surface area contributed by atoms with Gasteiger partial charge in [0.2, 0.25) is 0 Å². The number of rotatable bonds is 8. The largest absolute Gasteiger partial charge is 0.492 e. The van der Waals surface area contributed by atoms with Gasteiger partial charge in [-0.15, -0.1) is 12.3 Å². The van der Waals surface area contributed by atoms with Gasteiger partial charge in [-0.1, -0.05) is 17.7 Å². The predicted molar refractivity (Wildman–Crippen MR) is 74.0 cm³/mol. The summed E-state index contributed by atoms with van der Waals surface area (Å²) in [6.07, 6.45) is 5.78. The standard InChI is InChI=1S/C14H18ClNO2/c1-3-4-9-18-14-7-5-6-13(15)12(14)11-16-8-10-17-2/h1,5-7,16H,4,8-11H2,2H3. The molecule has 0 fully saturated rings. The predicted octanol–water partition coefficient (Wildman–Crippen LogP) is 2.48. The molecule has 0 unspecified atom stereocenters. The Morgan fingerprint density at radius 3 is 2.94 bits per heavy atom. The van der Waals surface area contributed by atoms with E-state index in [0.29, 0.717) is 31.2 Å². The molecule has 4 heteroatoms. The maximum absolute atomic E-state index is 6.16. The molecule has 98 valence electrons. The van der Waals surface area contributed by atoms with Crippen LogP contribution in [-0.4, -0.2) is 26.9 Å². The van der Waals surface area contributed by atoms with Crippen LogP contribution in [0.5, 0.6) is 5.75 Å². The first kappa shape index (κ1) is 14.8. The Morgan fingerprint density at radius 2 is 2.22 bits per heavy atom. The maximum atomic E-state index is 6.16. The molecule has 0 heterocycles. The zero-order chi connectivity index (χ0) is 13.2. The molecule has 0 saturated carbocycles. The molecule has 3 nitrogen and oxygen atoms in total. The van der Waals surface area contributed by atoms with Crippen LogP contribution in [0.15, 0.2) is 18.2 Å². The van der Waals surface area contributed by atoms with E-state index in [9.17, 15) is 0 Å². The number of halogens is 1. The number of benzene rings is 1. The first-order chi connectivity index (χ1) is 8.79. The van der Waals surface area contributed by atoms with Gasteiger partial charge in [-0.3, -0.25) is 0 Å². The van der Waals surface area contributed by atoms with Crippen molar-refractivity contribution in [3.8, 4) is 18.1 Å². The summed E-state index contributed by atoms with van der Waals surface area (Å²) in [5.41, 5.74) is 0.951. The number of hydrogen-bond acceptors (Lipinski definition) is 3. The van der Waals surface area contributed by atoms with Crippen LogP contribution < -0.4 is 10.1 Å². The van der Waals surface area contributed by atoms with Crippen molar-refractivity contribution in [2.45, 2.75) is 13.0 Å². The summed E-state index contributed by atoms with van der Waals surface area (Å²) >= 11 is 6.16. The van der Waals surface area contributed by atoms with Gasteiger partial charge in [-0.05, 0) is 12.1 Å². The van der Waals surface area contributed by atoms with Crippen molar-refractivity contribution in [1.82, 2.24) is 5.32 Å². The number of methoxy groups -OCH3 is 1. The second-order valence-corrected chi connectivity index (χ2v) is 4.10. The molecule has 0 radical (unpaired) electrons. The fourth-order valence-corrected chi connectivity index (χ4v) is 1.69. The molecular formula is C14H18ClNO2. The van der Waals surface area contributed by atoms with Crippen LogP contribution in [0.4, 0.5) is 0 Å². The van der Waals surface area contributed by atoms with Crippen LogP contribution in [0.3, 0.4) is 0 Å². The Balaban J connectivity index is 2.59. The van der Waals surface area contributed by atoms with E-state index in [0.717, 1.165) is 17.9 Å². The highest BCUT2D eigenvalue weighted by Crippen LogP contribution is 2.26. The van der Waals surface area contributed by atoms with Crippen molar-refractivity contribution >= 4 is 11.6 Å². The van der Waals surface area contributed by atoms with Gasteiger partial charge in [-0.2, -0.15) is 0 Å². The Morgan fingerprint density at radius 1 is 1.39 bits per heavy atom. The monoisotopic (exact) mass is 267 g/mol. The summed E-state index contributed by atoms with van der Waals surface area (Å²) in [6, 6.07) is 5.62. The van der Waals surface area contributed by atoms with Gasteiger partial charge >= 0.3 is 0 Å². The third-order valence-corrected chi connectivity index (χ3v) is 2.72. The Hall–Kier alpha value is -1.21. The van der Waals surface area contributed by atoms with Crippen molar-refractivity contribution in [3.05, 3.63) is 28.8 Å². The lowest BCUT2D eigenvalue weighted by molar-refractivity contribution is 0.199. The molecule has 0 aliphatic carbocycles. The highest BCUT2D eigenvalue weighted by molar-refractivity contribution is 6.31. The fourth-order valence-electron chi connectivity index (χ4n) is 1.45. The lowest BCUT2D eigenvalue weighted by atomic mass is 10.2. The average molecular weight is 268 g/mol. The van der Waals surface area contributed by atoms with E-state index < -0.39 is 0 Å². The maximum Gasteiger partial charge on any atom is 0.125 e. The van der Waals surface area contributed by atoms with Crippen molar-refractivity contribution in [2.75, 3.05) is 26.9 Å². The molecule has 1 aromatic carbocycles. The van der Waals surface area contributed by atoms with E-state index >= 15 is 0 Å². The topological polar surface area (TPSA) is 30.5 Å². The molecule has 0 spiro atoms. The van der Waals surface area contributed by atoms with Gasteiger partial charge in [0.1, 0.15) is 5.75 Å². The van der Waals surface area contributed by atoms with Crippen molar-refractivity contribution in [2.24, 2.45) is 0 Å². The van der Waals surface area contributed by atoms with Crippen molar-refractivity contribution in [1.29, 1.82) is 0 Å². The number of ether oxygens (including phenoxy) is 2. The van der Waals surface area contributed by atoms with Crippen molar-refractivity contribution < 1.29 is 9.47 Å². The second kappa shape index (κ2) is 8.82. The van der Waals surface area contributed by atoms with E-state index in [4.69, 9.17) is 27.5 Å². The minimum atomic E-state index is 0.502. The summed E-state index contributed by atoms with van der Waals surface area (Å²) in [5, 5.41) is 3.94. The third-order valence-electron chi connectivity index (χ3n) is 2.36. The summed E-state index contributed by atoms with van der Waals surface area (Å²) in [6.45, 7) is 2.58. The van der Waals surface area contributed by atoms with Crippen LogP contribution in [0.25, 0.3) is 0 Å². The average Bonchev–Trinajstić information content (AvgIpc) is 2.37. The molecule has 0 atom stereocenters. The molecule has 1 N–H and O–H groups in total. The smallest absolute Gasteiger partial charge is 0.125 e. The van der Waals surface area contributed by atoms with Crippen LogP contribution in [0.1, 0.15) is 12.0 Å². The number of nitrogens with one attached hydrogen (secondary N) is 1. The third kappa shape index (κ3) is 4.97. The van der Waals surface area contributed by atoms with E-state index in [1.165, 1.54) is 0 Å². The van der Waals surface area contributed by atoms with E-state index in [1.54, 1.807) is 7.11 Å². The lowest BCUT2D eigenvalue weighted by Gasteiger charge is -2.13. The molecule has 0 aliphatic heterocycles. The van der Waals surface area contributed by atoms with Crippen molar-refractivity contribution in [3.63, 3.8) is 0 Å². The van der Waals surface area contributed by atoms with Crippen LogP contribution >= 0.6 is 11.6 Å². The molecule has 0 bridgehead atoms. The Kier molecular flexibility index (Phi) is 7.28. The van der Waals surface area contributed by atoms with E-state index in [1.807, 2.05) is 18.2 Å². The highest BCUT2D eigenvalue weighted by Gasteiger charge is 2.07. The molecule has 0 aliphatic rings.